The van der Waals surface area contributed by atoms with Gasteiger partial charge in [0.15, 0.2) is 0 Å². The van der Waals surface area contributed by atoms with Crippen molar-refractivity contribution < 1.29 is 18.4 Å². The van der Waals surface area contributed by atoms with Gasteiger partial charge in [0, 0.05) is 67.8 Å². The van der Waals surface area contributed by atoms with Crippen LogP contribution in [-0.2, 0) is 9.59 Å². The molecule has 51 heavy (non-hydrogen) atoms. The molecule has 15 heteroatoms. The maximum Gasteiger partial charge on any atom is 0.249 e. The molecule has 0 spiro atoms. The van der Waals surface area contributed by atoms with Crippen molar-refractivity contribution in [1.29, 1.82) is 5.26 Å². The second-order valence-electron chi connectivity index (χ2n) is 13.3. The van der Waals surface area contributed by atoms with E-state index in [1.54, 1.807) is 35.1 Å². The van der Waals surface area contributed by atoms with E-state index in [9.17, 15) is 19.2 Å². The smallest absolute Gasteiger partial charge is 0.249 e. The van der Waals surface area contributed by atoms with Gasteiger partial charge in [0.1, 0.15) is 29.0 Å². The predicted octanol–water partition coefficient (Wildman–Crippen LogP) is 4.33. The third kappa shape index (κ3) is 6.50. The highest BCUT2D eigenvalue weighted by Crippen LogP contribution is 2.34. The van der Waals surface area contributed by atoms with Gasteiger partial charge in [0.2, 0.25) is 17.8 Å². The number of piperazine rings is 1. The molecule has 2 N–H and O–H groups in total. The number of carbonyl (C=O) groups excluding carboxylic acids is 2. The molecule has 0 bridgehead atoms. The van der Waals surface area contributed by atoms with Crippen LogP contribution in [-0.4, -0.2) is 84.3 Å². The Morgan fingerprint density at radius 3 is 2.41 bits per heavy atom. The molecule has 13 nitrogen and oxygen atoms in total. The van der Waals surface area contributed by atoms with Gasteiger partial charge in [-0.1, -0.05) is 0 Å². The van der Waals surface area contributed by atoms with Crippen molar-refractivity contribution in [2.45, 2.75) is 56.7 Å². The summed E-state index contributed by atoms with van der Waals surface area (Å²) >= 11 is 0. The number of nitrogens with zero attached hydrogens (tertiary/aromatic N) is 9. The fraction of sp³-hybridized carbons (Fsp3) is 0.361. The zero-order valence-corrected chi connectivity index (χ0v) is 27.7. The third-order valence-electron chi connectivity index (χ3n) is 10.3. The zero-order valence-electron chi connectivity index (χ0n) is 27.7. The lowest BCUT2D eigenvalue weighted by molar-refractivity contribution is -0.133. The molecule has 6 heterocycles. The number of fused-ring (bicyclic) bond motifs is 1. The molecule has 1 saturated carbocycles. The largest absolute Gasteiger partial charge is 0.374 e. The fourth-order valence-corrected chi connectivity index (χ4v) is 7.52. The molecule has 260 valence electrons. The summed E-state index contributed by atoms with van der Waals surface area (Å²) < 4.78 is 32.4. The average molecular weight is 692 g/mol. The highest BCUT2D eigenvalue weighted by Gasteiger charge is 2.31. The highest BCUT2D eigenvalue weighted by molar-refractivity contribution is 6.01. The lowest BCUT2D eigenvalue weighted by Crippen LogP contribution is -2.51. The number of piperidine rings is 1. The number of aromatic nitrogens is 6. The first-order valence-electron chi connectivity index (χ1n) is 17.2. The first-order chi connectivity index (χ1) is 24.8. The van der Waals surface area contributed by atoms with Crippen LogP contribution < -0.4 is 15.5 Å². The van der Waals surface area contributed by atoms with Gasteiger partial charge in [-0.2, -0.15) is 19.8 Å². The molecule has 1 unspecified atom stereocenters. The second-order valence-corrected chi connectivity index (χ2v) is 13.3. The van der Waals surface area contributed by atoms with E-state index in [1.165, 1.54) is 24.5 Å². The Kier molecular flexibility index (Phi) is 8.60. The summed E-state index contributed by atoms with van der Waals surface area (Å²) in [5, 5.41) is 24.1. The van der Waals surface area contributed by atoms with Crippen LogP contribution in [0.25, 0.3) is 28.0 Å². The molecule has 3 aliphatic rings. The Labute approximate surface area is 291 Å². The molecule has 2 aliphatic heterocycles. The molecular weight excluding hydrogens is 656 g/mol. The van der Waals surface area contributed by atoms with Crippen molar-refractivity contribution in [2.24, 2.45) is 0 Å². The Morgan fingerprint density at radius 1 is 0.882 bits per heavy atom. The topological polar surface area (TPSA) is 149 Å². The molecule has 1 aliphatic carbocycles. The quantitative estimate of drug-likeness (QED) is 0.187. The standard InChI is InChI=1S/C36H35F2N11O2/c37-28-15-25(43-29-7-10-33(50)45-36(29)51)2-8-31(28)47-13-11-46(12-14-47)26-3-5-27(6-4-26)48-20-24(19-41-48)30-21-49-35(23(16-39)18-42-49)34(44-30)22-1-9-32(38)40-17-22/h1-2,8-9,15,17-21,26-27,29,43H,3-7,10-14H2,(H,45,50,51)/t26-,27+,29?. The van der Waals surface area contributed by atoms with E-state index in [4.69, 9.17) is 10.1 Å². The molecule has 5 aromatic rings. The van der Waals surface area contributed by atoms with Gasteiger partial charge in [-0.15, -0.1) is 0 Å². The number of benzene rings is 1. The van der Waals surface area contributed by atoms with Gasteiger partial charge in [-0.3, -0.25) is 24.5 Å². The minimum atomic E-state index is -0.598. The first kappa shape index (κ1) is 32.5. The maximum atomic E-state index is 15.2. The molecule has 1 atom stereocenters. The molecule has 2 amide bonds. The summed E-state index contributed by atoms with van der Waals surface area (Å²) in [6, 6.07) is 10.1. The number of hydrogen-bond donors (Lipinski definition) is 2. The van der Waals surface area contributed by atoms with Gasteiger partial charge in [0.25, 0.3) is 0 Å². The summed E-state index contributed by atoms with van der Waals surface area (Å²) in [4.78, 5) is 36.7. The Hall–Kier alpha value is -5.75. The van der Waals surface area contributed by atoms with E-state index in [-0.39, 0.29) is 30.1 Å². The fourth-order valence-electron chi connectivity index (χ4n) is 7.52. The van der Waals surface area contributed by atoms with Gasteiger partial charge in [-0.25, -0.2) is 18.9 Å². The molecule has 2 saturated heterocycles. The molecule has 3 fully saturated rings. The van der Waals surface area contributed by atoms with Crippen LogP contribution in [0, 0.1) is 23.1 Å². The molecular formula is C36H35F2N11O2. The summed E-state index contributed by atoms with van der Waals surface area (Å²) in [6.07, 6.45) is 13.1. The average Bonchev–Trinajstić information content (AvgIpc) is 3.81. The maximum absolute atomic E-state index is 15.2. The second kappa shape index (κ2) is 13.5. The zero-order chi connectivity index (χ0) is 35.1. The first-order valence-corrected chi connectivity index (χ1v) is 17.2. The normalized spacial score (nSPS) is 21.4. The minimum Gasteiger partial charge on any atom is -0.374 e. The lowest BCUT2D eigenvalue weighted by atomic mass is 9.90. The Bertz CT molecular complexity index is 2140. The van der Waals surface area contributed by atoms with Crippen molar-refractivity contribution in [1.82, 2.24) is 39.6 Å². The number of hydrogen-bond acceptors (Lipinski definition) is 10. The van der Waals surface area contributed by atoms with Gasteiger partial charge in [0.05, 0.1) is 41.7 Å². The van der Waals surface area contributed by atoms with Crippen LogP contribution in [0.4, 0.5) is 20.2 Å². The number of anilines is 2. The molecule has 0 radical (unpaired) electrons. The van der Waals surface area contributed by atoms with Crippen molar-refractivity contribution in [2.75, 3.05) is 36.4 Å². The summed E-state index contributed by atoms with van der Waals surface area (Å²) in [5.74, 6) is -1.61. The van der Waals surface area contributed by atoms with E-state index < -0.39 is 12.0 Å². The Morgan fingerprint density at radius 2 is 1.69 bits per heavy atom. The van der Waals surface area contributed by atoms with E-state index in [0.29, 0.717) is 51.9 Å². The van der Waals surface area contributed by atoms with Crippen molar-refractivity contribution >= 4 is 28.7 Å². The highest BCUT2D eigenvalue weighted by atomic mass is 19.1. The molecule has 8 rings (SSSR count). The third-order valence-corrected chi connectivity index (χ3v) is 10.3. The van der Waals surface area contributed by atoms with E-state index >= 15 is 4.39 Å². The number of pyridine rings is 1. The Balaban J connectivity index is 0.879. The van der Waals surface area contributed by atoms with Crippen LogP contribution >= 0.6 is 0 Å². The summed E-state index contributed by atoms with van der Waals surface area (Å²) in [7, 11) is 0. The number of halogens is 2. The number of imide groups is 1. The van der Waals surface area contributed by atoms with Crippen LogP contribution in [0.5, 0.6) is 0 Å². The minimum absolute atomic E-state index is 0.247. The van der Waals surface area contributed by atoms with Gasteiger partial charge in [-0.05, 0) is 62.4 Å². The number of carbonyl (C=O) groups is 2. The number of nitrogens with one attached hydrogen (secondary N) is 2. The van der Waals surface area contributed by atoms with E-state index in [1.807, 2.05) is 10.9 Å². The van der Waals surface area contributed by atoms with E-state index in [2.05, 4.69) is 36.6 Å². The number of rotatable bonds is 7. The van der Waals surface area contributed by atoms with Crippen molar-refractivity contribution in [3.05, 3.63) is 78.6 Å². The predicted molar refractivity (Wildman–Crippen MR) is 183 cm³/mol. The molecule has 4 aromatic heterocycles. The van der Waals surface area contributed by atoms with Crippen LogP contribution in [0.15, 0.2) is 61.3 Å². The monoisotopic (exact) mass is 691 g/mol. The lowest BCUT2D eigenvalue weighted by Gasteiger charge is -2.42. The summed E-state index contributed by atoms with van der Waals surface area (Å²) in [6.45, 7) is 3.13. The van der Waals surface area contributed by atoms with Crippen molar-refractivity contribution in [3.8, 4) is 28.6 Å². The van der Waals surface area contributed by atoms with Crippen LogP contribution in [0.1, 0.15) is 50.1 Å². The molecule has 1 aromatic carbocycles. The van der Waals surface area contributed by atoms with Gasteiger partial charge < -0.3 is 10.2 Å². The number of amides is 2. The SMILES string of the molecule is N#Cc1cnn2cc(-c3cnn([C@H]4CC[C@@H](N5CCN(c6ccc(NC7CCC(=O)NC7=O)cc6F)CC5)CC4)c3)nc(-c3ccc(F)nc3)c12. The summed E-state index contributed by atoms with van der Waals surface area (Å²) in [5.41, 5.74) is 4.47. The van der Waals surface area contributed by atoms with Crippen LogP contribution in [0.3, 0.4) is 0 Å². The number of nitriles is 1. The van der Waals surface area contributed by atoms with Crippen molar-refractivity contribution in [3.63, 3.8) is 0 Å². The van der Waals surface area contributed by atoms with Gasteiger partial charge >= 0.3 is 0 Å². The van der Waals surface area contributed by atoms with Crippen LogP contribution in [0.2, 0.25) is 0 Å². The van der Waals surface area contributed by atoms with E-state index in [0.717, 1.165) is 57.4 Å².